The number of methoxy groups -OCH3 is 3. The van der Waals surface area contributed by atoms with Gasteiger partial charge in [-0.25, -0.2) is 26.3 Å². The van der Waals surface area contributed by atoms with E-state index >= 15 is 0 Å². The highest BCUT2D eigenvalue weighted by atomic mass is 19.2. The highest BCUT2D eigenvalue weighted by Gasteiger charge is 2.42. The zero-order valence-corrected chi connectivity index (χ0v) is 19.6. The molecule has 0 N–H and O–H groups in total. The molecule has 0 radical (unpaired) electrons. The Hall–Kier alpha value is -4.32. The fraction of sp³-hybridized carbons (Fsp3) is 0.143. The molecule has 0 spiro atoms. The van der Waals surface area contributed by atoms with Crippen molar-refractivity contribution in [3.63, 3.8) is 0 Å². The second-order valence-corrected chi connectivity index (χ2v) is 7.00. The van der Waals surface area contributed by atoms with E-state index in [0.717, 1.165) is 0 Å². The van der Waals surface area contributed by atoms with Gasteiger partial charge in [0, 0.05) is 0 Å². The van der Waals surface area contributed by atoms with Crippen molar-refractivity contribution in [3.8, 4) is 34.5 Å². The molecule has 0 amide bonds. The standard InChI is InChI=1S/C21H9BF12O6/c1-35-16-10(29)4(23)7(26)13(32)19(16)38-22(39-20-14(33)8(27)5(24)11(30)17(20)36-2)40-21-15(34)9(28)6(25)12(31)18(21)37-3/h1-3H3. The van der Waals surface area contributed by atoms with Gasteiger partial charge >= 0.3 is 7.32 Å². The lowest BCUT2D eigenvalue weighted by atomic mass is 10.1. The highest BCUT2D eigenvalue weighted by Crippen LogP contribution is 2.42. The maximum atomic E-state index is 14.5. The van der Waals surface area contributed by atoms with Crippen LogP contribution in [-0.4, -0.2) is 28.7 Å². The average Bonchev–Trinajstić information content (AvgIpc) is 2.94. The Labute approximate surface area is 214 Å². The molecule has 6 nitrogen and oxygen atoms in total. The third-order valence-electron chi connectivity index (χ3n) is 4.80. The predicted octanol–water partition coefficient (Wildman–Crippen LogP) is 5.90. The lowest BCUT2D eigenvalue weighted by Crippen LogP contribution is -2.38. The topological polar surface area (TPSA) is 55.4 Å². The van der Waals surface area contributed by atoms with Gasteiger partial charge in [-0.2, -0.15) is 26.3 Å². The first-order chi connectivity index (χ1) is 18.7. The molecule has 0 heterocycles. The van der Waals surface area contributed by atoms with E-state index in [1.54, 1.807) is 0 Å². The van der Waals surface area contributed by atoms with Crippen LogP contribution in [0.4, 0.5) is 52.7 Å². The van der Waals surface area contributed by atoms with Crippen LogP contribution in [0.2, 0.25) is 0 Å². The van der Waals surface area contributed by atoms with E-state index < -0.39 is 112 Å². The summed E-state index contributed by atoms with van der Waals surface area (Å²) in [5.74, 6) is -39.5. The van der Waals surface area contributed by atoms with Gasteiger partial charge in [0.2, 0.25) is 87.1 Å². The molecular weight excluding hydrogens is 587 g/mol. The van der Waals surface area contributed by atoms with Gasteiger partial charge in [0.25, 0.3) is 0 Å². The Bertz CT molecular complexity index is 1310. The number of hydrogen-bond donors (Lipinski definition) is 0. The molecule has 0 aromatic heterocycles. The minimum atomic E-state index is -3.27. The van der Waals surface area contributed by atoms with Crippen LogP contribution in [0.1, 0.15) is 0 Å². The second-order valence-electron chi connectivity index (χ2n) is 7.00. The molecular formula is C21H9BF12O6. The summed E-state index contributed by atoms with van der Waals surface area (Å²) in [5.41, 5.74) is 0. The maximum Gasteiger partial charge on any atom is 0.864 e. The zero-order chi connectivity index (χ0) is 30.2. The van der Waals surface area contributed by atoms with Gasteiger partial charge in [0.15, 0.2) is 17.2 Å². The van der Waals surface area contributed by atoms with Crippen LogP contribution < -0.4 is 28.2 Å². The lowest BCUT2D eigenvalue weighted by Gasteiger charge is -2.21. The Morgan fingerprint density at radius 2 is 0.475 bits per heavy atom. The van der Waals surface area contributed by atoms with E-state index in [-0.39, 0.29) is 0 Å². The number of benzene rings is 3. The summed E-state index contributed by atoms with van der Waals surface area (Å²) in [6, 6.07) is 0. The van der Waals surface area contributed by atoms with Crippen molar-refractivity contribution in [3.05, 3.63) is 69.8 Å². The summed E-state index contributed by atoms with van der Waals surface area (Å²) in [4.78, 5) is 0. The monoisotopic (exact) mass is 596 g/mol. The fourth-order valence-corrected chi connectivity index (χ4v) is 3.00. The third kappa shape index (κ3) is 4.90. The maximum absolute atomic E-state index is 14.5. The quantitative estimate of drug-likeness (QED) is 0.133. The molecule has 40 heavy (non-hydrogen) atoms. The molecule has 3 aromatic carbocycles. The van der Waals surface area contributed by atoms with E-state index in [2.05, 4.69) is 28.2 Å². The molecule has 3 rings (SSSR count). The van der Waals surface area contributed by atoms with Crippen molar-refractivity contribution in [1.29, 1.82) is 0 Å². The third-order valence-corrected chi connectivity index (χ3v) is 4.80. The van der Waals surface area contributed by atoms with Crippen LogP contribution in [0.25, 0.3) is 0 Å². The van der Waals surface area contributed by atoms with Crippen molar-refractivity contribution in [2.24, 2.45) is 0 Å². The molecule has 0 aliphatic heterocycles. The number of rotatable bonds is 9. The SMILES string of the molecule is COc1c(F)c(F)c(F)c(F)c1OB(Oc1c(F)c(F)c(F)c(F)c1OC)Oc1c(F)c(F)c(F)c(F)c1OC. The largest absolute Gasteiger partial charge is 0.864 e. The van der Waals surface area contributed by atoms with Crippen LogP contribution >= 0.6 is 0 Å². The van der Waals surface area contributed by atoms with E-state index in [4.69, 9.17) is 0 Å². The number of hydrogen-bond acceptors (Lipinski definition) is 6. The summed E-state index contributed by atoms with van der Waals surface area (Å²) in [5, 5.41) is 0. The Kier molecular flexibility index (Phi) is 8.64. The molecule has 0 saturated carbocycles. The van der Waals surface area contributed by atoms with E-state index in [9.17, 15) is 52.7 Å². The lowest BCUT2D eigenvalue weighted by molar-refractivity contribution is 0.243. The van der Waals surface area contributed by atoms with Gasteiger partial charge in [0.05, 0.1) is 21.3 Å². The molecule has 3 aromatic rings. The molecule has 216 valence electrons. The van der Waals surface area contributed by atoms with Gasteiger partial charge in [0.1, 0.15) is 0 Å². The molecule has 0 saturated heterocycles. The minimum absolute atomic E-state index is 0.555. The van der Waals surface area contributed by atoms with Gasteiger partial charge in [-0.3, -0.25) is 0 Å². The number of ether oxygens (including phenoxy) is 3. The summed E-state index contributed by atoms with van der Waals surface area (Å²) < 4.78 is 195. The van der Waals surface area contributed by atoms with E-state index in [0.29, 0.717) is 21.3 Å². The van der Waals surface area contributed by atoms with Crippen molar-refractivity contribution in [1.82, 2.24) is 0 Å². The molecule has 0 fully saturated rings. The van der Waals surface area contributed by atoms with Crippen molar-refractivity contribution < 1.29 is 80.9 Å². The predicted molar refractivity (Wildman–Crippen MR) is 106 cm³/mol. The Morgan fingerprint density at radius 1 is 0.300 bits per heavy atom. The first-order valence-electron chi connectivity index (χ1n) is 9.92. The summed E-state index contributed by atoms with van der Waals surface area (Å²) in [6.07, 6.45) is 0. The Balaban J connectivity index is 2.29. The molecule has 0 unspecified atom stereocenters. The van der Waals surface area contributed by atoms with Crippen LogP contribution in [-0.2, 0) is 0 Å². The Morgan fingerprint density at radius 3 is 0.650 bits per heavy atom. The zero-order valence-electron chi connectivity index (χ0n) is 19.6. The van der Waals surface area contributed by atoms with Gasteiger partial charge in [-0.1, -0.05) is 0 Å². The summed E-state index contributed by atoms with van der Waals surface area (Å²) in [7, 11) is -1.60. The van der Waals surface area contributed by atoms with E-state index in [1.165, 1.54) is 0 Å². The molecule has 0 aliphatic carbocycles. The molecule has 19 heteroatoms. The molecule has 0 bridgehead atoms. The van der Waals surface area contributed by atoms with Gasteiger partial charge < -0.3 is 28.2 Å². The highest BCUT2D eigenvalue weighted by molar-refractivity contribution is 6.39. The second kappa shape index (κ2) is 11.4. The molecule has 0 atom stereocenters. The summed E-state index contributed by atoms with van der Waals surface area (Å²) in [6.45, 7) is 0. The van der Waals surface area contributed by atoms with Crippen LogP contribution in [0.3, 0.4) is 0 Å². The summed E-state index contributed by atoms with van der Waals surface area (Å²) >= 11 is 0. The number of halogens is 12. The van der Waals surface area contributed by atoms with Crippen LogP contribution in [0.15, 0.2) is 0 Å². The van der Waals surface area contributed by atoms with Crippen molar-refractivity contribution >= 4 is 7.32 Å². The first kappa shape index (κ1) is 30.2. The van der Waals surface area contributed by atoms with Crippen molar-refractivity contribution in [2.45, 2.75) is 0 Å². The fourth-order valence-electron chi connectivity index (χ4n) is 3.00. The average molecular weight is 596 g/mol. The van der Waals surface area contributed by atoms with Crippen LogP contribution in [0.5, 0.6) is 34.5 Å². The van der Waals surface area contributed by atoms with Gasteiger partial charge in [-0.05, 0) is 0 Å². The minimum Gasteiger partial charge on any atom is -0.490 e. The normalized spacial score (nSPS) is 10.9. The smallest absolute Gasteiger partial charge is 0.490 e. The first-order valence-corrected chi connectivity index (χ1v) is 9.92. The van der Waals surface area contributed by atoms with E-state index in [1.807, 2.05) is 0 Å². The van der Waals surface area contributed by atoms with Crippen molar-refractivity contribution in [2.75, 3.05) is 21.3 Å². The molecule has 0 aliphatic rings. The van der Waals surface area contributed by atoms with Crippen LogP contribution in [0, 0.1) is 69.8 Å². The van der Waals surface area contributed by atoms with Gasteiger partial charge in [-0.15, -0.1) is 0 Å².